The van der Waals surface area contributed by atoms with E-state index >= 15 is 0 Å². The van der Waals surface area contributed by atoms with E-state index in [0.717, 1.165) is 16.3 Å². The fourth-order valence-electron chi connectivity index (χ4n) is 2.55. The number of amides is 1. The molecule has 8 heteroatoms. The topological polar surface area (TPSA) is 73.3 Å². The molecule has 6 nitrogen and oxygen atoms in total. The first-order chi connectivity index (χ1) is 14.0. The molecule has 0 saturated carbocycles. The van der Waals surface area contributed by atoms with Gasteiger partial charge in [0.15, 0.2) is 11.5 Å². The summed E-state index contributed by atoms with van der Waals surface area (Å²) in [6.07, 6.45) is 3.45. The van der Waals surface area contributed by atoms with Crippen molar-refractivity contribution in [1.82, 2.24) is 15.3 Å². The van der Waals surface area contributed by atoms with Gasteiger partial charge >= 0.3 is 0 Å². The van der Waals surface area contributed by atoms with Gasteiger partial charge in [-0.1, -0.05) is 25.4 Å². The van der Waals surface area contributed by atoms with Crippen LogP contribution in [-0.2, 0) is 6.54 Å². The third-order valence-electron chi connectivity index (χ3n) is 3.98. The molecule has 0 aliphatic carbocycles. The molecule has 0 aliphatic heterocycles. The molecule has 0 aliphatic rings. The van der Waals surface area contributed by atoms with Crippen LogP contribution in [0.25, 0.3) is 11.3 Å². The van der Waals surface area contributed by atoms with Gasteiger partial charge in [0, 0.05) is 28.9 Å². The third-order valence-corrected chi connectivity index (χ3v) is 5.11. The molecule has 3 aromatic rings. The van der Waals surface area contributed by atoms with E-state index in [2.05, 4.69) is 15.3 Å². The van der Waals surface area contributed by atoms with Crippen LogP contribution >= 0.6 is 22.9 Å². The summed E-state index contributed by atoms with van der Waals surface area (Å²) in [6.45, 7) is 4.91. The van der Waals surface area contributed by atoms with Gasteiger partial charge in [-0.2, -0.15) is 0 Å². The Morgan fingerprint density at radius 1 is 1.28 bits per heavy atom. The lowest BCUT2D eigenvalue weighted by Crippen LogP contribution is -2.22. The number of hydrogen-bond acceptors (Lipinski definition) is 6. The molecule has 1 amide bonds. The highest BCUT2D eigenvalue weighted by atomic mass is 35.5. The molecular formula is C21H22ClN3O3S. The normalized spacial score (nSPS) is 10.8. The van der Waals surface area contributed by atoms with E-state index in [9.17, 15) is 4.79 Å². The number of ether oxygens (including phenoxy) is 2. The Kier molecular flexibility index (Phi) is 7.06. The first-order valence-electron chi connectivity index (χ1n) is 9.11. The molecule has 2 heterocycles. The van der Waals surface area contributed by atoms with Crippen LogP contribution in [0.4, 0.5) is 0 Å². The smallest absolute Gasteiger partial charge is 0.251 e. The maximum atomic E-state index is 12.6. The van der Waals surface area contributed by atoms with Crippen LogP contribution in [0.15, 0.2) is 42.0 Å². The van der Waals surface area contributed by atoms with E-state index in [-0.39, 0.29) is 5.91 Å². The monoisotopic (exact) mass is 431 g/mol. The van der Waals surface area contributed by atoms with Crippen molar-refractivity contribution in [3.63, 3.8) is 0 Å². The van der Waals surface area contributed by atoms with Crippen molar-refractivity contribution >= 4 is 28.8 Å². The van der Waals surface area contributed by atoms with Crippen LogP contribution in [0.3, 0.4) is 0 Å². The number of carbonyl (C=O) groups is 1. The average Bonchev–Trinajstić information content (AvgIpc) is 3.20. The van der Waals surface area contributed by atoms with E-state index in [0.29, 0.717) is 41.2 Å². The number of pyridine rings is 1. The number of hydrogen-bond donors (Lipinski definition) is 1. The minimum atomic E-state index is -0.263. The Hall–Kier alpha value is -2.64. The molecule has 0 radical (unpaired) electrons. The summed E-state index contributed by atoms with van der Waals surface area (Å²) < 4.78 is 11.1. The maximum Gasteiger partial charge on any atom is 0.251 e. The quantitative estimate of drug-likeness (QED) is 0.552. The summed E-state index contributed by atoms with van der Waals surface area (Å²) in [4.78, 5) is 21.2. The molecule has 2 aromatic heterocycles. The number of aromatic nitrogens is 2. The lowest BCUT2D eigenvalue weighted by Gasteiger charge is -2.15. The zero-order chi connectivity index (χ0) is 20.8. The van der Waals surface area contributed by atoms with E-state index in [4.69, 9.17) is 21.1 Å². The number of methoxy groups -OCH3 is 1. The number of halogens is 1. The minimum absolute atomic E-state index is 0.263. The van der Waals surface area contributed by atoms with Crippen LogP contribution in [0.1, 0.15) is 29.2 Å². The number of benzene rings is 1. The van der Waals surface area contributed by atoms with E-state index < -0.39 is 0 Å². The highest BCUT2D eigenvalue weighted by Crippen LogP contribution is 2.36. The van der Waals surface area contributed by atoms with Gasteiger partial charge in [0.2, 0.25) is 0 Å². The summed E-state index contributed by atoms with van der Waals surface area (Å²) in [5.74, 6) is 0.953. The van der Waals surface area contributed by atoms with Crippen molar-refractivity contribution in [3.8, 4) is 22.8 Å². The molecule has 1 aromatic carbocycles. The molecule has 0 unspecified atom stereocenters. The predicted molar refractivity (Wildman–Crippen MR) is 115 cm³/mol. The average molecular weight is 432 g/mol. The van der Waals surface area contributed by atoms with Crippen molar-refractivity contribution < 1.29 is 14.3 Å². The van der Waals surface area contributed by atoms with Gasteiger partial charge in [0.25, 0.3) is 5.91 Å². The van der Waals surface area contributed by atoms with Gasteiger partial charge in [0.05, 0.1) is 31.0 Å². The number of carbonyl (C=O) groups excluding carboxylic acids is 1. The van der Waals surface area contributed by atoms with E-state index in [1.807, 2.05) is 31.4 Å². The Morgan fingerprint density at radius 3 is 2.72 bits per heavy atom. The third kappa shape index (κ3) is 5.46. The summed E-state index contributed by atoms with van der Waals surface area (Å²) >= 11 is 7.82. The molecule has 1 N–H and O–H groups in total. The summed E-state index contributed by atoms with van der Waals surface area (Å²) in [6, 6.07) is 7.00. The van der Waals surface area contributed by atoms with E-state index in [1.165, 1.54) is 18.4 Å². The van der Waals surface area contributed by atoms with Gasteiger partial charge in [-0.3, -0.25) is 9.78 Å². The minimum Gasteiger partial charge on any atom is -0.493 e. The summed E-state index contributed by atoms with van der Waals surface area (Å²) in [5.41, 5.74) is 2.25. The number of nitrogens with one attached hydrogen (secondary N) is 1. The molecule has 0 saturated heterocycles. The van der Waals surface area contributed by atoms with Crippen LogP contribution in [0.2, 0.25) is 5.02 Å². The Morgan fingerprint density at radius 2 is 2.03 bits per heavy atom. The fourth-order valence-corrected chi connectivity index (χ4v) is 3.55. The first kappa shape index (κ1) is 21.1. The lowest BCUT2D eigenvalue weighted by atomic mass is 10.2. The zero-order valence-corrected chi connectivity index (χ0v) is 18.0. The second-order valence-electron chi connectivity index (χ2n) is 6.74. The largest absolute Gasteiger partial charge is 0.493 e. The van der Waals surface area contributed by atoms with Crippen LogP contribution in [0.5, 0.6) is 11.5 Å². The van der Waals surface area contributed by atoms with Crippen molar-refractivity contribution in [3.05, 3.63) is 57.6 Å². The molecule has 0 atom stereocenters. The molecule has 3 rings (SSSR count). The molecule has 29 heavy (non-hydrogen) atoms. The molecule has 0 fully saturated rings. The summed E-state index contributed by atoms with van der Waals surface area (Å²) in [7, 11) is 1.52. The molecule has 0 bridgehead atoms. The van der Waals surface area contributed by atoms with Crippen molar-refractivity contribution in [2.45, 2.75) is 20.4 Å². The molecular weight excluding hydrogens is 410 g/mol. The Labute approximate surface area is 178 Å². The van der Waals surface area contributed by atoms with Gasteiger partial charge in [-0.05, 0) is 30.2 Å². The second kappa shape index (κ2) is 9.71. The Bertz CT molecular complexity index is 977. The standard InChI is InChI=1S/C21H22ClN3O3S/c1-13(2)11-28-20-16(22)8-15(9-18(20)27-3)21(26)24-10-19-25-17(12-29-19)14-4-6-23-7-5-14/h4-9,12-13H,10-11H2,1-3H3,(H,24,26). The predicted octanol–water partition coefficient (Wildman–Crippen LogP) is 4.83. The number of rotatable bonds is 8. The zero-order valence-electron chi connectivity index (χ0n) is 16.4. The summed E-state index contributed by atoms with van der Waals surface area (Å²) in [5, 5.41) is 5.97. The first-order valence-corrected chi connectivity index (χ1v) is 10.4. The van der Waals surface area contributed by atoms with Gasteiger partial charge in [-0.25, -0.2) is 4.98 Å². The maximum absolute atomic E-state index is 12.6. The molecule has 0 spiro atoms. The van der Waals surface area contributed by atoms with Gasteiger partial charge in [0.1, 0.15) is 5.01 Å². The van der Waals surface area contributed by atoms with Crippen LogP contribution in [-0.4, -0.2) is 29.6 Å². The second-order valence-corrected chi connectivity index (χ2v) is 8.09. The van der Waals surface area contributed by atoms with Crippen LogP contribution in [0, 0.1) is 5.92 Å². The van der Waals surface area contributed by atoms with Gasteiger partial charge in [-0.15, -0.1) is 11.3 Å². The fraction of sp³-hybridized carbons (Fsp3) is 0.286. The van der Waals surface area contributed by atoms with E-state index in [1.54, 1.807) is 24.5 Å². The van der Waals surface area contributed by atoms with Crippen molar-refractivity contribution in [2.24, 2.45) is 5.92 Å². The number of thiazole rings is 1. The van der Waals surface area contributed by atoms with Gasteiger partial charge < -0.3 is 14.8 Å². The highest BCUT2D eigenvalue weighted by molar-refractivity contribution is 7.09. The van der Waals surface area contributed by atoms with Crippen molar-refractivity contribution in [1.29, 1.82) is 0 Å². The highest BCUT2D eigenvalue weighted by Gasteiger charge is 2.17. The van der Waals surface area contributed by atoms with Crippen LogP contribution < -0.4 is 14.8 Å². The number of nitrogens with zero attached hydrogens (tertiary/aromatic N) is 2. The Balaban J connectivity index is 1.68. The lowest BCUT2D eigenvalue weighted by molar-refractivity contribution is 0.0950. The molecule has 152 valence electrons. The van der Waals surface area contributed by atoms with Crippen molar-refractivity contribution in [2.75, 3.05) is 13.7 Å². The SMILES string of the molecule is COc1cc(C(=O)NCc2nc(-c3ccncc3)cs2)cc(Cl)c1OCC(C)C.